The molecular formula is C7H7N3O6. The highest BCUT2D eigenvalue weighted by Crippen LogP contribution is 2.24. The molecule has 9 heteroatoms. The van der Waals surface area contributed by atoms with Crippen LogP contribution >= 0.6 is 0 Å². The van der Waals surface area contributed by atoms with Crippen molar-refractivity contribution in [2.45, 2.75) is 13.3 Å². The molecule has 1 aliphatic carbocycles. The third kappa shape index (κ3) is 1.97. The first-order chi connectivity index (χ1) is 7.34. The maximum Gasteiger partial charge on any atom is 0.285 e. The van der Waals surface area contributed by atoms with Gasteiger partial charge in [-0.25, -0.2) is 0 Å². The summed E-state index contributed by atoms with van der Waals surface area (Å²) in [5, 5.41) is 40.3. The van der Waals surface area contributed by atoms with Gasteiger partial charge >= 0.3 is 0 Å². The maximum absolute atomic E-state index is 10.6. The average molecular weight is 229 g/mol. The highest BCUT2D eigenvalue weighted by molar-refractivity contribution is 5.94. The van der Waals surface area contributed by atoms with Gasteiger partial charge in [-0.1, -0.05) is 0 Å². The molecule has 0 fully saturated rings. The molecule has 0 aromatic carbocycles. The van der Waals surface area contributed by atoms with Crippen LogP contribution in [0.15, 0.2) is 23.0 Å². The highest BCUT2D eigenvalue weighted by Gasteiger charge is 2.35. The van der Waals surface area contributed by atoms with Gasteiger partial charge in [-0.2, -0.15) is 0 Å². The van der Waals surface area contributed by atoms with Crippen molar-refractivity contribution in [3.05, 3.63) is 48.5 Å². The molecular weight excluding hydrogens is 222 g/mol. The topological polar surface area (TPSA) is 133 Å². The van der Waals surface area contributed by atoms with Gasteiger partial charge in [0.15, 0.2) is 0 Å². The van der Waals surface area contributed by atoms with Crippen LogP contribution in [0.5, 0.6) is 0 Å². The third-order valence-electron chi connectivity index (χ3n) is 2.13. The first-order valence-corrected chi connectivity index (χ1v) is 4.07. The van der Waals surface area contributed by atoms with Gasteiger partial charge in [0.05, 0.1) is 15.9 Å². The van der Waals surface area contributed by atoms with E-state index in [4.69, 9.17) is 5.21 Å². The van der Waals surface area contributed by atoms with E-state index in [1.165, 1.54) is 6.92 Å². The molecule has 0 aliphatic heterocycles. The van der Waals surface area contributed by atoms with Gasteiger partial charge < -0.3 is 5.21 Å². The van der Waals surface area contributed by atoms with Gasteiger partial charge in [0.1, 0.15) is 12.0 Å². The van der Waals surface area contributed by atoms with E-state index in [-0.39, 0.29) is 5.57 Å². The quantitative estimate of drug-likeness (QED) is 0.316. The summed E-state index contributed by atoms with van der Waals surface area (Å²) >= 11 is 0. The van der Waals surface area contributed by atoms with E-state index in [2.05, 4.69) is 0 Å². The Balaban J connectivity index is 3.38. The fraction of sp³-hybridized carbons (Fsp3) is 0.286. The summed E-state index contributed by atoms with van der Waals surface area (Å²) < 4.78 is 0. The Morgan fingerprint density at radius 3 is 2.19 bits per heavy atom. The number of allylic oxidation sites excluding steroid dienone is 3. The lowest BCUT2D eigenvalue weighted by Crippen LogP contribution is -2.22. The summed E-state index contributed by atoms with van der Waals surface area (Å²) in [4.78, 5) is 18.9. The van der Waals surface area contributed by atoms with Crippen LogP contribution in [-0.4, -0.2) is 25.7 Å². The largest absolute Gasteiger partial charge is 0.417 e. The first kappa shape index (κ1) is 11.6. The number of hydrogen-bond acceptors (Lipinski definition) is 6. The van der Waals surface area contributed by atoms with Crippen LogP contribution in [-0.2, 0) is 0 Å². The average Bonchev–Trinajstić information content (AvgIpc) is 2.16. The summed E-state index contributed by atoms with van der Waals surface area (Å²) in [5.74, 6) is 0. The molecule has 1 N–H and O–H groups in total. The van der Waals surface area contributed by atoms with Crippen LogP contribution in [0.3, 0.4) is 0 Å². The van der Waals surface area contributed by atoms with Gasteiger partial charge in [0.25, 0.3) is 17.1 Å². The molecule has 0 aromatic heterocycles. The van der Waals surface area contributed by atoms with Gasteiger partial charge in [-0.05, 0) is 6.92 Å². The Bertz CT molecular complexity index is 457. The van der Waals surface area contributed by atoms with Crippen molar-refractivity contribution >= 4 is 5.71 Å². The predicted octanol–water partition coefficient (Wildman–Crippen LogP) is 0.442. The van der Waals surface area contributed by atoms with E-state index in [1.807, 2.05) is 0 Å². The number of nitro groups is 2. The molecule has 0 saturated heterocycles. The van der Waals surface area contributed by atoms with Crippen LogP contribution in [0.25, 0.3) is 0 Å². The van der Waals surface area contributed by atoms with Crippen LogP contribution in [0, 0.1) is 25.4 Å². The van der Waals surface area contributed by atoms with Crippen LogP contribution in [0.4, 0.5) is 0 Å². The normalized spacial score (nSPS) is 19.2. The zero-order valence-electron chi connectivity index (χ0n) is 8.11. The standard InChI is InChI=1S/C7H7N3O6/c1-4-6(9(13)14)2-5(8(11)12)3-7(4)10(15)16/h2H,3H2,1H3,(H,11,12). The van der Waals surface area contributed by atoms with Crippen LogP contribution < -0.4 is 0 Å². The zero-order chi connectivity index (χ0) is 12.5. The Labute approximate surface area is 88.5 Å². The second kappa shape index (κ2) is 3.96. The number of hydrogen-bond donors (Lipinski definition) is 1. The molecule has 0 radical (unpaired) electrons. The van der Waals surface area contributed by atoms with E-state index in [9.17, 15) is 25.4 Å². The molecule has 16 heavy (non-hydrogen) atoms. The molecule has 86 valence electrons. The molecule has 0 aromatic rings. The molecule has 9 nitrogen and oxygen atoms in total. The monoisotopic (exact) mass is 229 g/mol. The van der Waals surface area contributed by atoms with E-state index in [1.54, 1.807) is 0 Å². The van der Waals surface area contributed by atoms with Gasteiger partial charge in [-0.15, -0.1) is 0 Å². The predicted molar refractivity (Wildman–Crippen MR) is 49.8 cm³/mol. The molecule has 0 heterocycles. The minimum Gasteiger partial charge on any atom is -0.417 e. The molecule has 0 spiro atoms. The zero-order valence-corrected chi connectivity index (χ0v) is 8.11. The summed E-state index contributed by atoms with van der Waals surface area (Å²) in [6, 6.07) is 0. The van der Waals surface area contributed by atoms with Crippen molar-refractivity contribution in [1.82, 2.24) is 0 Å². The fourth-order valence-corrected chi connectivity index (χ4v) is 1.28. The molecule has 1 rings (SSSR count). The van der Waals surface area contributed by atoms with Crippen LogP contribution in [0.1, 0.15) is 13.3 Å². The lowest BCUT2D eigenvalue weighted by molar-refractivity contribution is -0.726. The Morgan fingerprint density at radius 2 is 1.81 bits per heavy atom. The second-order valence-corrected chi connectivity index (χ2v) is 3.06. The minimum atomic E-state index is -0.846. The Morgan fingerprint density at radius 1 is 1.25 bits per heavy atom. The van der Waals surface area contributed by atoms with E-state index >= 15 is 0 Å². The molecule has 0 amide bonds. The van der Waals surface area contributed by atoms with Crippen molar-refractivity contribution in [1.29, 1.82) is 0 Å². The molecule has 0 atom stereocenters. The SMILES string of the molecule is CC1=C([N+](=O)[O-])CC(=[N+]([O-])O)C=C1[N+](=O)[O-]. The van der Waals surface area contributed by atoms with Gasteiger partial charge in [0, 0.05) is 4.90 Å². The van der Waals surface area contributed by atoms with Gasteiger partial charge in [0.2, 0.25) is 0 Å². The number of rotatable bonds is 2. The Kier molecular flexibility index (Phi) is 2.88. The van der Waals surface area contributed by atoms with Crippen molar-refractivity contribution in [2.75, 3.05) is 0 Å². The van der Waals surface area contributed by atoms with E-state index in [0.29, 0.717) is 0 Å². The highest BCUT2D eigenvalue weighted by atomic mass is 16.8. The molecule has 0 bridgehead atoms. The third-order valence-corrected chi connectivity index (χ3v) is 2.13. The summed E-state index contributed by atoms with van der Waals surface area (Å²) in [6.45, 7) is 1.22. The van der Waals surface area contributed by atoms with Crippen molar-refractivity contribution in [3.8, 4) is 0 Å². The molecule has 1 aliphatic rings. The number of nitrogens with zero attached hydrogens (tertiary/aromatic N) is 3. The van der Waals surface area contributed by atoms with Crippen molar-refractivity contribution < 1.29 is 20.0 Å². The summed E-state index contributed by atoms with van der Waals surface area (Å²) in [7, 11) is 0. The first-order valence-electron chi connectivity index (χ1n) is 4.07. The van der Waals surface area contributed by atoms with Gasteiger partial charge in [-0.3, -0.25) is 25.4 Å². The van der Waals surface area contributed by atoms with Crippen molar-refractivity contribution in [2.24, 2.45) is 0 Å². The van der Waals surface area contributed by atoms with Crippen molar-refractivity contribution in [3.63, 3.8) is 0 Å². The maximum atomic E-state index is 10.6. The molecule has 0 saturated carbocycles. The molecule has 0 unspecified atom stereocenters. The minimum absolute atomic E-state index is 0.124. The second-order valence-electron chi connectivity index (χ2n) is 3.06. The lowest BCUT2D eigenvalue weighted by atomic mass is 10.0. The van der Waals surface area contributed by atoms with Crippen LogP contribution in [0.2, 0.25) is 0 Å². The van der Waals surface area contributed by atoms with E-state index in [0.717, 1.165) is 6.08 Å². The summed E-state index contributed by atoms with van der Waals surface area (Å²) in [6.07, 6.45) is 0.367. The lowest BCUT2D eigenvalue weighted by Gasteiger charge is -2.06. The Hall–Kier alpha value is -2.45. The smallest absolute Gasteiger partial charge is 0.285 e. The summed E-state index contributed by atoms with van der Waals surface area (Å²) in [5.41, 5.74) is -1.61. The fourth-order valence-electron chi connectivity index (χ4n) is 1.28. The van der Waals surface area contributed by atoms with E-state index < -0.39 is 38.3 Å².